The molecule has 0 aliphatic heterocycles. The Morgan fingerprint density at radius 1 is 1.50 bits per heavy atom. The van der Waals surface area contributed by atoms with E-state index in [1.807, 2.05) is 0 Å². The highest BCUT2D eigenvalue weighted by Gasteiger charge is 2.13. The van der Waals surface area contributed by atoms with Gasteiger partial charge in [-0.15, -0.1) is 12.6 Å². The van der Waals surface area contributed by atoms with E-state index >= 15 is 0 Å². The van der Waals surface area contributed by atoms with E-state index in [-0.39, 0.29) is 17.8 Å². The molecule has 14 heavy (non-hydrogen) atoms. The molecule has 1 rings (SSSR count). The predicted molar refractivity (Wildman–Crippen MR) is 53.0 cm³/mol. The van der Waals surface area contributed by atoms with Gasteiger partial charge in [0.25, 0.3) is 6.43 Å². The quantitative estimate of drug-likeness (QED) is 0.768. The molecule has 0 aromatic heterocycles. The molecule has 0 radical (unpaired) electrons. The van der Waals surface area contributed by atoms with E-state index in [2.05, 4.69) is 12.6 Å². The summed E-state index contributed by atoms with van der Waals surface area (Å²) in [7, 11) is 0. The van der Waals surface area contributed by atoms with Crippen molar-refractivity contribution in [3.63, 3.8) is 0 Å². The normalized spacial score (nSPS) is 10.6. The first kappa shape index (κ1) is 11.2. The van der Waals surface area contributed by atoms with Crippen LogP contribution >= 0.6 is 12.6 Å². The molecule has 1 nitrogen and oxygen atoms in total. The van der Waals surface area contributed by atoms with Gasteiger partial charge in [0.1, 0.15) is 5.78 Å². The molecule has 0 saturated carbocycles. The van der Waals surface area contributed by atoms with Crippen molar-refractivity contribution in [1.29, 1.82) is 0 Å². The Morgan fingerprint density at radius 2 is 2.14 bits per heavy atom. The van der Waals surface area contributed by atoms with Crippen LogP contribution in [-0.4, -0.2) is 5.78 Å². The first-order valence-corrected chi connectivity index (χ1v) is 4.55. The molecule has 0 amide bonds. The van der Waals surface area contributed by atoms with Gasteiger partial charge in [-0.2, -0.15) is 0 Å². The molecule has 76 valence electrons. The summed E-state index contributed by atoms with van der Waals surface area (Å²) in [6, 6.07) is 4.42. The lowest BCUT2D eigenvalue weighted by atomic mass is 10.0. The van der Waals surface area contributed by atoms with Crippen LogP contribution < -0.4 is 0 Å². The molecule has 0 heterocycles. The minimum absolute atomic E-state index is 0.0493. The monoisotopic (exact) mass is 216 g/mol. The Morgan fingerprint density at radius 3 is 2.64 bits per heavy atom. The number of benzene rings is 1. The zero-order valence-corrected chi connectivity index (χ0v) is 8.52. The molecule has 0 spiro atoms. The van der Waals surface area contributed by atoms with E-state index in [4.69, 9.17) is 0 Å². The van der Waals surface area contributed by atoms with Crippen LogP contribution in [0, 0.1) is 0 Å². The number of thiol groups is 1. The summed E-state index contributed by atoms with van der Waals surface area (Å²) in [4.78, 5) is 11.3. The predicted octanol–water partition coefficient (Wildman–Crippen LogP) is 3.04. The van der Waals surface area contributed by atoms with Gasteiger partial charge in [-0.3, -0.25) is 4.79 Å². The molecule has 4 heteroatoms. The van der Waals surface area contributed by atoms with Crippen LogP contribution in [0.3, 0.4) is 0 Å². The number of carbonyl (C=O) groups is 1. The molecular weight excluding hydrogens is 206 g/mol. The average molecular weight is 216 g/mol. The Labute approximate surface area is 86.5 Å². The average Bonchev–Trinajstić information content (AvgIpc) is 2.07. The van der Waals surface area contributed by atoms with Crippen LogP contribution in [0.2, 0.25) is 0 Å². The van der Waals surface area contributed by atoms with Gasteiger partial charge in [0.05, 0.1) is 0 Å². The number of hydrogen-bond donors (Lipinski definition) is 1. The molecule has 0 aliphatic carbocycles. The fourth-order valence-corrected chi connectivity index (χ4v) is 1.43. The van der Waals surface area contributed by atoms with Crippen LogP contribution in [0.1, 0.15) is 24.5 Å². The Balaban J connectivity index is 3.08. The van der Waals surface area contributed by atoms with Gasteiger partial charge in [-0.05, 0) is 24.6 Å². The summed E-state index contributed by atoms with van der Waals surface area (Å²) >= 11 is 3.97. The van der Waals surface area contributed by atoms with Gasteiger partial charge in [-0.1, -0.05) is 6.07 Å². The molecule has 0 fully saturated rings. The van der Waals surface area contributed by atoms with E-state index in [1.54, 1.807) is 6.07 Å². The maximum atomic E-state index is 12.5. The van der Waals surface area contributed by atoms with Crippen LogP contribution in [0.15, 0.2) is 23.1 Å². The SMILES string of the molecule is CC(=O)Cc1ccc(S)cc1C(F)F. The molecule has 0 aliphatic rings. The van der Waals surface area contributed by atoms with Gasteiger partial charge in [-0.25, -0.2) is 8.78 Å². The largest absolute Gasteiger partial charge is 0.300 e. The fraction of sp³-hybridized carbons (Fsp3) is 0.300. The van der Waals surface area contributed by atoms with E-state index < -0.39 is 6.43 Å². The number of halogens is 2. The van der Waals surface area contributed by atoms with E-state index in [0.717, 1.165) is 0 Å². The number of carbonyl (C=O) groups excluding carboxylic acids is 1. The van der Waals surface area contributed by atoms with Gasteiger partial charge >= 0.3 is 0 Å². The molecule has 1 aromatic rings. The Kier molecular flexibility index (Phi) is 3.63. The van der Waals surface area contributed by atoms with Crippen molar-refractivity contribution in [2.75, 3.05) is 0 Å². The lowest BCUT2D eigenvalue weighted by molar-refractivity contribution is -0.116. The lowest BCUT2D eigenvalue weighted by Crippen LogP contribution is -2.01. The number of rotatable bonds is 3. The molecule has 0 bridgehead atoms. The fourth-order valence-electron chi connectivity index (χ4n) is 1.21. The summed E-state index contributed by atoms with van der Waals surface area (Å²) in [5, 5.41) is 0. The highest BCUT2D eigenvalue weighted by atomic mass is 32.1. The van der Waals surface area contributed by atoms with E-state index in [1.165, 1.54) is 19.1 Å². The molecule has 0 atom stereocenters. The third-order valence-electron chi connectivity index (χ3n) is 1.80. The van der Waals surface area contributed by atoms with Crippen LogP contribution in [0.5, 0.6) is 0 Å². The minimum atomic E-state index is -2.56. The number of hydrogen-bond acceptors (Lipinski definition) is 2. The van der Waals surface area contributed by atoms with Crippen LogP contribution in [0.25, 0.3) is 0 Å². The second-order valence-corrected chi connectivity index (χ2v) is 3.58. The van der Waals surface area contributed by atoms with Gasteiger partial charge in [0.15, 0.2) is 0 Å². The van der Waals surface area contributed by atoms with Crippen molar-refractivity contribution in [3.05, 3.63) is 29.3 Å². The van der Waals surface area contributed by atoms with Crippen molar-refractivity contribution in [2.45, 2.75) is 24.7 Å². The highest BCUT2D eigenvalue weighted by molar-refractivity contribution is 7.80. The summed E-state index contributed by atoms with van der Waals surface area (Å²) in [6.07, 6.45) is -2.51. The van der Waals surface area contributed by atoms with Crippen molar-refractivity contribution in [1.82, 2.24) is 0 Å². The second-order valence-electron chi connectivity index (χ2n) is 3.06. The Bertz CT molecular complexity index is 350. The summed E-state index contributed by atoms with van der Waals surface area (Å²) in [6.45, 7) is 1.38. The van der Waals surface area contributed by atoms with E-state index in [9.17, 15) is 13.6 Å². The van der Waals surface area contributed by atoms with Gasteiger partial charge in [0, 0.05) is 16.9 Å². The highest BCUT2D eigenvalue weighted by Crippen LogP contribution is 2.25. The van der Waals surface area contributed by atoms with E-state index in [0.29, 0.717) is 10.5 Å². The first-order valence-electron chi connectivity index (χ1n) is 4.10. The smallest absolute Gasteiger partial charge is 0.264 e. The second kappa shape index (κ2) is 4.55. The zero-order chi connectivity index (χ0) is 10.7. The molecule has 0 saturated heterocycles. The maximum Gasteiger partial charge on any atom is 0.264 e. The molecule has 1 aromatic carbocycles. The number of ketones is 1. The first-order chi connectivity index (χ1) is 6.50. The molecule has 0 N–H and O–H groups in total. The lowest BCUT2D eigenvalue weighted by Gasteiger charge is -2.07. The van der Waals surface area contributed by atoms with Crippen molar-refractivity contribution >= 4 is 18.4 Å². The Hall–Kier alpha value is -0.900. The van der Waals surface area contributed by atoms with Crippen molar-refractivity contribution in [2.24, 2.45) is 0 Å². The standard InChI is InChI=1S/C10H10F2OS/c1-6(13)4-7-2-3-8(14)5-9(7)10(11)12/h2-3,5,10,14H,4H2,1H3. The third-order valence-corrected chi connectivity index (χ3v) is 2.08. The van der Waals surface area contributed by atoms with Crippen LogP contribution in [-0.2, 0) is 11.2 Å². The van der Waals surface area contributed by atoms with Crippen molar-refractivity contribution < 1.29 is 13.6 Å². The third kappa shape index (κ3) is 2.80. The minimum Gasteiger partial charge on any atom is -0.300 e. The molecule has 0 unspecified atom stereocenters. The maximum absolute atomic E-state index is 12.5. The molecular formula is C10H10F2OS. The zero-order valence-electron chi connectivity index (χ0n) is 7.63. The van der Waals surface area contributed by atoms with Gasteiger partial charge < -0.3 is 0 Å². The summed E-state index contributed by atoms with van der Waals surface area (Å²) in [5.41, 5.74) is 0.276. The van der Waals surface area contributed by atoms with Crippen LogP contribution in [0.4, 0.5) is 8.78 Å². The number of alkyl halides is 2. The van der Waals surface area contributed by atoms with Crippen molar-refractivity contribution in [3.8, 4) is 0 Å². The summed E-state index contributed by atoms with van der Waals surface area (Å²) in [5.74, 6) is -0.126. The number of Topliss-reactive ketones (excluding diaryl/α,β-unsaturated/α-hetero) is 1. The topological polar surface area (TPSA) is 17.1 Å². The van der Waals surface area contributed by atoms with Gasteiger partial charge in [0.2, 0.25) is 0 Å². The summed E-state index contributed by atoms with van der Waals surface area (Å²) < 4.78 is 25.0.